The Morgan fingerprint density at radius 1 is 1.00 bits per heavy atom. The molecule has 0 aromatic heterocycles. The number of aryl methyl sites for hydroxylation is 2. The van der Waals surface area contributed by atoms with E-state index in [4.69, 9.17) is 5.73 Å². The lowest BCUT2D eigenvalue weighted by Crippen LogP contribution is -1.92. The van der Waals surface area contributed by atoms with E-state index in [1.54, 1.807) is 11.8 Å². The van der Waals surface area contributed by atoms with Gasteiger partial charge in [-0.15, -0.1) is 0 Å². The molecule has 2 heteroatoms. The smallest absolute Gasteiger partial charge is 0.0461 e. The van der Waals surface area contributed by atoms with Crippen molar-refractivity contribution in [3.05, 3.63) is 53.6 Å². The standard InChI is InChI=1S/C14H15NS/c1-10-8-11(2)14(13(15)9-10)16-12-6-4-3-5-7-12/h3-9H,15H2,1-2H3. The average molecular weight is 229 g/mol. The Balaban J connectivity index is 2.35. The lowest BCUT2D eigenvalue weighted by molar-refractivity contribution is 1.26. The third-order valence-corrected chi connectivity index (χ3v) is 3.68. The second kappa shape index (κ2) is 4.62. The Bertz CT molecular complexity index is 468. The predicted octanol–water partition coefficient (Wildman–Crippen LogP) is 4.04. The number of rotatable bonds is 2. The molecule has 82 valence electrons. The van der Waals surface area contributed by atoms with Crippen LogP contribution in [0.5, 0.6) is 0 Å². The molecule has 0 bridgehead atoms. The molecule has 0 saturated heterocycles. The molecule has 0 aliphatic heterocycles. The van der Waals surface area contributed by atoms with E-state index in [0.717, 1.165) is 10.6 Å². The van der Waals surface area contributed by atoms with Gasteiger partial charge in [-0.3, -0.25) is 0 Å². The number of benzene rings is 2. The van der Waals surface area contributed by atoms with Gasteiger partial charge in [-0.05, 0) is 43.2 Å². The maximum Gasteiger partial charge on any atom is 0.0461 e. The largest absolute Gasteiger partial charge is 0.398 e. The third kappa shape index (κ3) is 2.39. The van der Waals surface area contributed by atoms with Gasteiger partial charge < -0.3 is 5.73 Å². The Kier molecular flexibility index (Phi) is 3.20. The van der Waals surface area contributed by atoms with Gasteiger partial charge in [0.2, 0.25) is 0 Å². The Hall–Kier alpha value is -1.41. The molecule has 0 atom stereocenters. The van der Waals surface area contributed by atoms with Gasteiger partial charge in [0.05, 0.1) is 0 Å². The molecule has 2 rings (SSSR count). The molecule has 2 aromatic rings. The van der Waals surface area contributed by atoms with E-state index in [9.17, 15) is 0 Å². The zero-order chi connectivity index (χ0) is 11.5. The van der Waals surface area contributed by atoms with Gasteiger partial charge in [-0.25, -0.2) is 0 Å². The monoisotopic (exact) mass is 229 g/mol. The Morgan fingerprint density at radius 3 is 2.31 bits per heavy atom. The highest BCUT2D eigenvalue weighted by Gasteiger charge is 2.06. The zero-order valence-corrected chi connectivity index (χ0v) is 10.3. The van der Waals surface area contributed by atoms with Crippen LogP contribution in [0, 0.1) is 13.8 Å². The van der Waals surface area contributed by atoms with Crippen LogP contribution < -0.4 is 5.73 Å². The molecule has 0 aliphatic carbocycles. The van der Waals surface area contributed by atoms with Crippen LogP contribution in [-0.4, -0.2) is 0 Å². The quantitative estimate of drug-likeness (QED) is 0.787. The minimum atomic E-state index is 0.867. The van der Waals surface area contributed by atoms with Crippen molar-refractivity contribution in [1.82, 2.24) is 0 Å². The highest BCUT2D eigenvalue weighted by atomic mass is 32.2. The molecule has 1 nitrogen and oxygen atoms in total. The summed E-state index contributed by atoms with van der Waals surface area (Å²) in [5.41, 5.74) is 9.37. The summed E-state index contributed by atoms with van der Waals surface area (Å²) < 4.78 is 0. The summed E-state index contributed by atoms with van der Waals surface area (Å²) in [5.74, 6) is 0. The normalized spacial score (nSPS) is 10.4. The van der Waals surface area contributed by atoms with Crippen molar-refractivity contribution in [2.45, 2.75) is 23.6 Å². The molecule has 0 radical (unpaired) electrons. The van der Waals surface area contributed by atoms with Crippen LogP contribution in [0.15, 0.2) is 52.3 Å². The topological polar surface area (TPSA) is 26.0 Å². The number of anilines is 1. The van der Waals surface area contributed by atoms with Gasteiger partial charge >= 0.3 is 0 Å². The first kappa shape index (κ1) is 11.1. The van der Waals surface area contributed by atoms with E-state index in [0.29, 0.717) is 0 Å². The number of nitrogens with two attached hydrogens (primary N) is 1. The maximum atomic E-state index is 6.05. The van der Waals surface area contributed by atoms with E-state index in [1.165, 1.54) is 16.0 Å². The van der Waals surface area contributed by atoms with Crippen LogP contribution in [0.1, 0.15) is 11.1 Å². The number of hydrogen-bond donors (Lipinski definition) is 1. The van der Waals surface area contributed by atoms with Crippen LogP contribution >= 0.6 is 11.8 Å². The fourth-order valence-electron chi connectivity index (χ4n) is 1.73. The minimum absolute atomic E-state index is 0.867. The molecule has 0 fully saturated rings. The third-order valence-electron chi connectivity index (χ3n) is 2.41. The first-order chi connectivity index (χ1) is 7.66. The summed E-state index contributed by atoms with van der Waals surface area (Å²) in [6.45, 7) is 4.18. The molecule has 0 heterocycles. The SMILES string of the molecule is Cc1cc(C)c(Sc2ccccc2)c(N)c1. The molecule has 16 heavy (non-hydrogen) atoms. The van der Waals surface area contributed by atoms with Crippen LogP contribution in [0.25, 0.3) is 0 Å². The molecule has 0 unspecified atom stereocenters. The fraction of sp³-hybridized carbons (Fsp3) is 0.143. The van der Waals surface area contributed by atoms with E-state index in [2.05, 4.69) is 32.0 Å². The van der Waals surface area contributed by atoms with Crippen molar-refractivity contribution in [1.29, 1.82) is 0 Å². The molecule has 0 spiro atoms. The number of nitrogen functional groups attached to an aromatic ring is 1. The van der Waals surface area contributed by atoms with Gasteiger partial charge in [-0.1, -0.05) is 36.0 Å². The summed E-state index contributed by atoms with van der Waals surface area (Å²) in [5, 5.41) is 0. The van der Waals surface area contributed by atoms with E-state index >= 15 is 0 Å². The van der Waals surface area contributed by atoms with E-state index in [-0.39, 0.29) is 0 Å². The molecule has 0 amide bonds. The van der Waals surface area contributed by atoms with Crippen molar-refractivity contribution in [2.75, 3.05) is 5.73 Å². The predicted molar refractivity (Wildman–Crippen MR) is 70.9 cm³/mol. The van der Waals surface area contributed by atoms with Gasteiger partial charge in [0, 0.05) is 15.5 Å². The summed E-state index contributed by atoms with van der Waals surface area (Å²) in [4.78, 5) is 2.39. The Labute approximate surface area is 101 Å². The van der Waals surface area contributed by atoms with E-state index in [1.807, 2.05) is 24.3 Å². The molecular weight excluding hydrogens is 214 g/mol. The van der Waals surface area contributed by atoms with Crippen molar-refractivity contribution in [3.8, 4) is 0 Å². The second-order valence-corrected chi connectivity index (χ2v) is 5.00. The van der Waals surface area contributed by atoms with Crippen molar-refractivity contribution in [2.24, 2.45) is 0 Å². The lowest BCUT2D eigenvalue weighted by atomic mass is 10.1. The number of hydrogen-bond acceptors (Lipinski definition) is 2. The van der Waals surface area contributed by atoms with E-state index < -0.39 is 0 Å². The van der Waals surface area contributed by atoms with Gasteiger partial charge in [-0.2, -0.15) is 0 Å². The average Bonchev–Trinajstić information content (AvgIpc) is 2.25. The van der Waals surface area contributed by atoms with Crippen molar-refractivity contribution < 1.29 is 0 Å². The summed E-state index contributed by atoms with van der Waals surface area (Å²) in [6.07, 6.45) is 0. The zero-order valence-electron chi connectivity index (χ0n) is 9.53. The molecule has 0 aliphatic rings. The van der Waals surface area contributed by atoms with Crippen LogP contribution in [0.3, 0.4) is 0 Å². The minimum Gasteiger partial charge on any atom is -0.398 e. The lowest BCUT2D eigenvalue weighted by Gasteiger charge is -2.10. The van der Waals surface area contributed by atoms with Crippen LogP contribution in [-0.2, 0) is 0 Å². The molecular formula is C14H15NS. The molecule has 0 saturated carbocycles. The fourth-order valence-corrected chi connectivity index (χ4v) is 2.66. The molecule has 2 N–H and O–H groups in total. The van der Waals surface area contributed by atoms with Gasteiger partial charge in [0.1, 0.15) is 0 Å². The summed E-state index contributed by atoms with van der Waals surface area (Å²) in [7, 11) is 0. The highest BCUT2D eigenvalue weighted by molar-refractivity contribution is 7.99. The first-order valence-corrected chi connectivity index (χ1v) is 6.08. The van der Waals surface area contributed by atoms with Crippen LogP contribution in [0.2, 0.25) is 0 Å². The van der Waals surface area contributed by atoms with Gasteiger partial charge in [0.15, 0.2) is 0 Å². The molecule has 2 aromatic carbocycles. The highest BCUT2D eigenvalue weighted by Crippen LogP contribution is 2.35. The first-order valence-electron chi connectivity index (χ1n) is 5.26. The van der Waals surface area contributed by atoms with Gasteiger partial charge in [0.25, 0.3) is 0 Å². The van der Waals surface area contributed by atoms with Crippen LogP contribution in [0.4, 0.5) is 5.69 Å². The maximum absolute atomic E-state index is 6.05. The summed E-state index contributed by atoms with van der Waals surface area (Å²) in [6, 6.07) is 14.5. The summed E-state index contributed by atoms with van der Waals surface area (Å²) >= 11 is 1.72. The second-order valence-electron chi connectivity index (χ2n) is 3.92. The van der Waals surface area contributed by atoms with Crippen molar-refractivity contribution >= 4 is 17.4 Å². The van der Waals surface area contributed by atoms with Crippen molar-refractivity contribution in [3.63, 3.8) is 0 Å². The Morgan fingerprint density at radius 2 is 1.69 bits per heavy atom.